The van der Waals surface area contributed by atoms with Crippen molar-refractivity contribution in [2.24, 2.45) is 0 Å². The molecule has 1 aromatic heterocycles. The predicted molar refractivity (Wildman–Crippen MR) is 76.5 cm³/mol. The van der Waals surface area contributed by atoms with E-state index in [0.717, 1.165) is 18.0 Å². The molecule has 0 spiro atoms. The van der Waals surface area contributed by atoms with Gasteiger partial charge in [-0.15, -0.1) is 0 Å². The smallest absolute Gasteiger partial charge is 0.197 e. The average molecular weight is 263 g/mol. The van der Waals surface area contributed by atoms with E-state index in [1.54, 1.807) is 7.11 Å². The zero-order chi connectivity index (χ0) is 13.0. The van der Waals surface area contributed by atoms with E-state index in [1.165, 1.54) is 22.7 Å². The van der Waals surface area contributed by atoms with Gasteiger partial charge in [0.25, 0.3) is 0 Å². The fourth-order valence-corrected chi connectivity index (χ4v) is 2.50. The molecular weight excluding hydrogens is 246 g/mol. The first-order valence-corrected chi connectivity index (χ1v) is 6.56. The van der Waals surface area contributed by atoms with Gasteiger partial charge in [-0.2, -0.15) is 4.37 Å². The van der Waals surface area contributed by atoms with Crippen molar-refractivity contribution < 1.29 is 4.74 Å². The topological polar surface area (TPSA) is 60.2 Å². The second-order valence-electron chi connectivity index (χ2n) is 4.10. The van der Waals surface area contributed by atoms with Crippen molar-refractivity contribution in [3.63, 3.8) is 0 Å². The Morgan fingerprint density at radius 1 is 1.44 bits per heavy atom. The van der Waals surface area contributed by atoms with Gasteiger partial charge in [0.15, 0.2) is 16.6 Å². The summed E-state index contributed by atoms with van der Waals surface area (Å²) in [4.78, 5) is 0. The maximum Gasteiger partial charge on any atom is 0.197 e. The van der Waals surface area contributed by atoms with E-state index in [1.807, 2.05) is 0 Å². The number of aromatic nitrogens is 1. The molecule has 0 unspecified atom stereocenters. The quantitative estimate of drug-likeness (QED) is 0.870. The Morgan fingerprint density at radius 3 is 3.00 bits per heavy atom. The number of aryl methyl sites for hydroxylation is 1. The summed E-state index contributed by atoms with van der Waals surface area (Å²) < 4.78 is 9.26. The van der Waals surface area contributed by atoms with E-state index >= 15 is 0 Å². The van der Waals surface area contributed by atoms with Crippen molar-refractivity contribution in [3.05, 3.63) is 35.4 Å². The Bertz CT molecular complexity index is 525. The van der Waals surface area contributed by atoms with Crippen molar-refractivity contribution in [2.45, 2.75) is 13.3 Å². The van der Waals surface area contributed by atoms with Crippen LogP contribution in [0.2, 0.25) is 0 Å². The van der Waals surface area contributed by atoms with Gasteiger partial charge in [0, 0.05) is 6.54 Å². The van der Waals surface area contributed by atoms with Crippen LogP contribution < -0.4 is 15.8 Å². The van der Waals surface area contributed by atoms with Crippen LogP contribution in [-0.4, -0.2) is 18.0 Å². The molecule has 5 heteroatoms. The van der Waals surface area contributed by atoms with Gasteiger partial charge >= 0.3 is 0 Å². The zero-order valence-electron chi connectivity index (χ0n) is 10.6. The minimum atomic E-state index is 0.445. The Labute approximate surface area is 111 Å². The molecule has 2 rings (SSSR count). The van der Waals surface area contributed by atoms with E-state index in [4.69, 9.17) is 10.5 Å². The Hall–Kier alpha value is -1.75. The monoisotopic (exact) mass is 263 g/mol. The van der Waals surface area contributed by atoms with Crippen LogP contribution in [0.1, 0.15) is 11.1 Å². The number of methoxy groups -OCH3 is 1. The molecule has 0 saturated heterocycles. The molecule has 1 aromatic carbocycles. The fraction of sp³-hybridized carbons (Fsp3) is 0.308. The zero-order valence-corrected chi connectivity index (χ0v) is 11.4. The number of hydrogen-bond donors (Lipinski definition) is 2. The predicted octanol–water partition coefficient (Wildman–Crippen LogP) is 2.70. The molecule has 0 aliphatic carbocycles. The number of nitrogen functional groups attached to an aromatic ring is 1. The molecule has 18 heavy (non-hydrogen) atoms. The van der Waals surface area contributed by atoms with Crippen LogP contribution in [0.3, 0.4) is 0 Å². The molecule has 0 aliphatic rings. The van der Waals surface area contributed by atoms with E-state index < -0.39 is 0 Å². The third-order valence-corrected chi connectivity index (χ3v) is 3.46. The molecule has 2 aromatic rings. The molecular formula is C13H17N3OS. The van der Waals surface area contributed by atoms with Crippen LogP contribution in [-0.2, 0) is 6.42 Å². The second kappa shape index (κ2) is 5.73. The number of ether oxygens (including phenoxy) is 1. The lowest BCUT2D eigenvalue weighted by atomic mass is 10.1. The highest BCUT2D eigenvalue weighted by atomic mass is 32.1. The van der Waals surface area contributed by atoms with Crippen molar-refractivity contribution >= 4 is 22.4 Å². The van der Waals surface area contributed by atoms with Gasteiger partial charge in [0.1, 0.15) is 0 Å². The van der Waals surface area contributed by atoms with Crippen molar-refractivity contribution in [1.82, 2.24) is 4.37 Å². The first-order valence-electron chi connectivity index (χ1n) is 5.79. The van der Waals surface area contributed by atoms with Gasteiger partial charge in [0.05, 0.1) is 7.11 Å². The largest absolute Gasteiger partial charge is 0.490 e. The molecule has 0 atom stereocenters. The molecule has 3 N–H and O–H groups in total. The van der Waals surface area contributed by atoms with Crippen LogP contribution in [0, 0.1) is 6.92 Å². The molecule has 0 bridgehead atoms. The number of nitrogens with one attached hydrogen (secondary N) is 1. The molecule has 96 valence electrons. The standard InChI is InChI=1S/C13H17N3OS/c1-9-4-3-5-10(8-9)6-7-15-13-11(17-2)12(14)16-18-13/h3-5,8,15H,6-7H2,1-2H3,(H2,14,16). The highest BCUT2D eigenvalue weighted by Gasteiger charge is 2.10. The highest BCUT2D eigenvalue weighted by molar-refractivity contribution is 7.11. The Balaban J connectivity index is 1.92. The van der Waals surface area contributed by atoms with Gasteiger partial charge in [-0.1, -0.05) is 29.8 Å². The number of hydrogen-bond acceptors (Lipinski definition) is 5. The van der Waals surface area contributed by atoms with Gasteiger partial charge < -0.3 is 15.8 Å². The SMILES string of the molecule is COc1c(N)nsc1NCCc1cccc(C)c1. The lowest BCUT2D eigenvalue weighted by Crippen LogP contribution is -2.04. The first kappa shape index (κ1) is 12.7. The minimum absolute atomic E-state index is 0.445. The lowest BCUT2D eigenvalue weighted by Gasteiger charge is -2.06. The molecule has 0 saturated carbocycles. The van der Waals surface area contributed by atoms with Crippen molar-refractivity contribution in [3.8, 4) is 5.75 Å². The summed E-state index contributed by atoms with van der Waals surface area (Å²) in [6.07, 6.45) is 0.961. The van der Waals surface area contributed by atoms with Crippen molar-refractivity contribution in [2.75, 3.05) is 24.7 Å². The number of nitrogens with zero attached hydrogens (tertiary/aromatic N) is 1. The molecule has 0 amide bonds. The van der Waals surface area contributed by atoms with Crippen LogP contribution >= 0.6 is 11.5 Å². The van der Waals surface area contributed by atoms with Gasteiger partial charge in [-0.25, -0.2) is 0 Å². The second-order valence-corrected chi connectivity index (χ2v) is 4.87. The van der Waals surface area contributed by atoms with Crippen LogP contribution in [0.5, 0.6) is 5.75 Å². The van der Waals surface area contributed by atoms with E-state index in [9.17, 15) is 0 Å². The number of benzene rings is 1. The summed E-state index contributed by atoms with van der Waals surface area (Å²) in [7, 11) is 1.60. The summed E-state index contributed by atoms with van der Waals surface area (Å²) in [5.74, 6) is 1.09. The first-order chi connectivity index (χ1) is 8.70. The lowest BCUT2D eigenvalue weighted by molar-refractivity contribution is 0.419. The Morgan fingerprint density at radius 2 is 2.28 bits per heavy atom. The normalized spacial score (nSPS) is 10.3. The fourth-order valence-electron chi connectivity index (χ4n) is 1.79. The van der Waals surface area contributed by atoms with Crippen LogP contribution in [0.15, 0.2) is 24.3 Å². The van der Waals surface area contributed by atoms with Crippen LogP contribution in [0.4, 0.5) is 10.8 Å². The highest BCUT2D eigenvalue weighted by Crippen LogP contribution is 2.34. The summed E-state index contributed by atoms with van der Waals surface area (Å²) >= 11 is 1.33. The number of anilines is 2. The summed E-state index contributed by atoms with van der Waals surface area (Å²) in [5, 5.41) is 4.20. The molecule has 1 heterocycles. The maximum atomic E-state index is 5.69. The molecule has 4 nitrogen and oxygen atoms in total. The minimum Gasteiger partial charge on any atom is -0.490 e. The number of nitrogens with two attached hydrogens (primary N) is 1. The van der Waals surface area contributed by atoms with E-state index in [2.05, 4.69) is 40.9 Å². The van der Waals surface area contributed by atoms with Gasteiger partial charge in [-0.05, 0) is 30.4 Å². The summed E-state index contributed by atoms with van der Waals surface area (Å²) in [5.41, 5.74) is 8.29. The molecule has 0 fully saturated rings. The molecule has 0 radical (unpaired) electrons. The number of rotatable bonds is 5. The molecule has 0 aliphatic heterocycles. The third kappa shape index (κ3) is 2.92. The van der Waals surface area contributed by atoms with E-state index in [0.29, 0.717) is 11.6 Å². The van der Waals surface area contributed by atoms with E-state index in [-0.39, 0.29) is 0 Å². The van der Waals surface area contributed by atoms with Crippen LogP contribution in [0.25, 0.3) is 0 Å². The Kier molecular flexibility index (Phi) is 4.04. The average Bonchev–Trinajstić information content (AvgIpc) is 2.70. The summed E-state index contributed by atoms with van der Waals surface area (Å²) in [6.45, 7) is 2.94. The van der Waals surface area contributed by atoms with Gasteiger partial charge in [-0.3, -0.25) is 0 Å². The van der Waals surface area contributed by atoms with Crippen molar-refractivity contribution in [1.29, 1.82) is 0 Å². The third-order valence-electron chi connectivity index (χ3n) is 2.66. The summed E-state index contributed by atoms with van der Waals surface area (Å²) in [6, 6.07) is 8.51. The maximum absolute atomic E-state index is 5.69. The van der Waals surface area contributed by atoms with Gasteiger partial charge in [0.2, 0.25) is 0 Å².